The van der Waals surface area contributed by atoms with Crippen LogP contribution in [0.2, 0.25) is 0 Å². The molecule has 0 amide bonds. The molecule has 0 radical (unpaired) electrons. The average Bonchev–Trinajstić information content (AvgIpc) is 2.31. The smallest absolute Gasteiger partial charge is 0.0655 e. The molecule has 0 fully saturated rings. The third-order valence-electron chi connectivity index (χ3n) is 2.73. The Balaban J connectivity index is 3.38. The first-order valence-electron chi connectivity index (χ1n) is 6.22. The van der Waals surface area contributed by atoms with Gasteiger partial charge in [0.1, 0.15) is 0 Å². The first-order valence-corrected chi connectivity index (χ1v) is 6.22. The van der Waals surface area contributed by atoms with Gasteiger partial charge in [-0.3, -0.25) is 0 Å². The molecule has 0 saturated heterocycles. The molecule has 0 spiro atoms. The molecule has 0 aliphatic heterocycles. The Labute approximate surface area is 99.6 Å². The van der Waals surface area contributed by atoms with E-state index in [1.807, 2.05) is 6.08 Å². The van der Waals surface area contributed by atoms with Gasteiger partial charge in [0.15, 0.2) is 0 Å². The quantitative estimate of drug-likeness (QED) is 0.404. The molecule has 0 aromatic rings. The Morgan fingerprint density at radius 1 is 1.00 bits per heavy atom. The Morgan fingerprint density at radius 3 is 2.31 bits per heavy atom. The summed E-state index contributed by atoms with van der Waals surface area (Å²) in [4.78, 5) is 0. The van der Waals surface area contributed by atoms with Crippen molar-refractivity contribution < 1.29 is 0 Å². The maximum absolute atomic E-state index is 8.95. The van der Waals surface area contributed by atoms with Crippen molar-refractivity contribution in [1.82, 2.24) is 0 Å². The second kappa shape index (κ2) is 11.8. The van der Waals surface area contributed by atoms with Crippen LogP contribution in [0.5, 0.6) is 0 Å². The fraction of sp³-hybridized carbons (Fsp3) is 0.714. The Kier molecular flexibility index (Phi) is 10.8. The molecule has 1 unspecified atom stereocenters. The number of hydrogen-bond acceptors (Lipinski definition) is 2. The van der Waals surface area contributed by atoms with E-state index in [9.17, 15) is 0 Å². The predicted molar refractivity (Wildman–Crippen MR) is 66.5 cm³/mol. The highest BCUT2D eigenvalue weighted by atomic mass is 14.3. The summed E-state index contributed by atoms with van der Waals surface area (Å²) in [6.45, 7) is 3.68. The second-order valence-corrected chi connectivity index (χ2v) is 4.16. The van der Waals surface area contributed by atoms with Crippen LogP contribution < -0.4 is 0 Å². The number of hydrogen-bond donors (Lipinski definition) is 0. The minimum atomic E-state index is 0.218. The molecule has 0 aromatic carbocycles. The second-order valence-electron chi connectivity index (χ2n) is 4.16. The molecule has 0 N–H and O–H groups in total. The molecule has 0 aliphatic rings. The maximum Gasteiger partial charge on any atom is 0.0655 e. The van der Waals surface area contributed by atoms with Gasteiger partial charge < -0.3 is 0 Å². The van der Waals surface area contributed by atoms with Gasteiger partial charge in [0.2, 0.25) is 0 Å². The van der Waals surface area contributed by atoms with E-state index in [2.05, 4.69) is 18.7 Å². The van der Waals surface area contributed by atoms with E-state index in [1.165, 1.54) is 0 Å². The predicted octanol–water partition coefficient (Wildman–Crippen LogP) is 4.35. The SMILES string of the molecule is C=CCCCC(C#N)CCCCCCC#N. The molecule has 2 heteroatoms. The van der Waals surface area contributed by atoms with Crippen LogP contribution in [0.25, 0.3) is 0 Å². The molecule has 0 aromatic heterocycles. The third kappa shape index (κ3) is 9.28. The monoisotopic (exact) mass is 218 g/mol. The van der Waals surface area contributed by atoms with Gasteiger partial charge in [-0.2, -0.15) is 10.5 Å². The van der Waals surface area contributed by atoms with E-state index in [0.717, 1.165) is 51.4 Å². The summed E-state index contributed by atoms with van der Waals surface area (Å²) in [5.74, 6) is 0.218. The highest BCUT2D eigenvalue weighted by molar-refractivity contribution is 4.83. The molecule has 16 heavy (non-hydrogen) atoms. The number of rotatable bonds is 10. The number of allylic oxidation sites excluding steroid dienone is 1. The van der Waals surface area contributed by atoms with Crippen molar-refractivity contribution in [3.05, 3.63) is 12.7 Å². The molecule has 88 valence electrons. The van der Waals surface area contributed by atoms with Crippen molar-refractivity contribution in [2.45, 2.75) is 57.8 Å². The van der Waals surface area contributed by atoms with Crippen molar-refractivity contribution in [3.63, 3.8) is 0 Å². The van der Waals surface area contributed by atoms with Crippen LogP contribution in [0.4, 0.5) is 0 Å². The summed E-state index contributed by atoms with van der Waals surface area (Å²) in [7, 11) is 0. The van der Waals surface area contributed by atoms with E-state index in [1.54, 1.807) is 0 Å². The van der Waals surface area contributed by atoms with Crippen LogP contribution in [0, 0.1) is 28.6 Å². The van der Waals surface area contributed by atoms with Crippen LogP contribution in [-0.4, -0.2) is 0 Å². The first-order chi connectivity index (χ1) is 7.85. The van der Waals surface area contributed by atoms with Crippen LogP contribution >= 0.6 is 0 Å². The lowest BCUT2D eigenvalue weighted by molar-refractivity contribution is 0.495. The number of nitrogens with zero attached hydrogens (tertiary/aromatic N) is 2. The lowest BCUT2D eigenvalue weighted by Gasteiger charge is -2.07. The average molecular weight is 218 g/mol. The molecule has 0 heterocycles. The van der Waals surface area contributed by atoms with Gasteiger partial charge in [0, 0.05) is 12.3 Å². The van der Waals surface area contributed by atoms with Gasteiger partial charge in [-0.25, -0.2) is 0 Å². The molecular weight excluding hydrogens is 196 g/mol. The summed E-state index contributed by atoms with van der Waals surface area (Å²) in [6.07, 6.45) is 11.1. The highest BCUT2D eigenvalue weighted by Gasteiger charge is 2.05. The zero-order valence-corrected chi connectivity index (χ0v) is 10.1. The van der Waals surface area contributed by atoms with Crippen molar-refractivity contribution in [3.8, 4) is 12.1 Å². The maximum atomic E-state index is 8.95. The highest BCUT2D eigenvalue weighted by Crippen LogP contribution is 2.16. The summed E-state index contributed by atoms with van der Waals surface area (Å²) < 4.78 is 0. The van der Waals surface area contributed by atoms with Gasteiger partial charge >= 0.3 is 0 Å². The standard InChI is InChI=1S/C14H22N2/c1-2-3-7-10-14(13-16)11-8-5-4-6-9-12-15/h2,14H,1,3-11H2. The van der Waals surface area contributed by atoms with Gasteiger partial charge in [0.25, 0.3) is 0 Å². The van der Waals surface area contributed by atoms with Crippen molar-refractivity contribution in [1.29, 1.82) is 10.5 Å². The third-order valence-corrected chi connectivity index (χ3v) is 2.73. The van der Waals surface area contributed by atoms with Crippen LogP contribution in [0.15, 0.2) is 12.7 Å². The number of nitriles is 2. The molecular formula is C14H22N2. The van der Waals surface area contributed by atoms with E-state index in [0.29, 0.717) is 6.42 Å². The summed E-state index contributed by atoms with van der Waals surface area (Å²) >= 11 is 0. The van der Waals surface area contributed by atoms with Crippen LogP contribution in [0.3, 0.4) is 0 Å². The molecule has 0 aliphatic carbocycles. The van der Waals surface area contributed by atoms with Crippen LogP contribution in [0.1, 0.15) is 57.8 Å². The van der Waals surface area contributed by atoms with E-state index in [-0.39, 0.29) is 5.92 Å². The van der Waals surface area contributed by atoms with Gasteiger partial charge in [-0.1, -0.05) is 25.3 Å². The van der Waals surface area contributed by atoms with Crippen LogP contribution in [-0.2, 0) is 0 Å². The van der Waals surface area contributed by atoms with Crippen molar-refractivity contribution >= 4 is 0 Å². The normalized spacial score (nSPS) is 11.4. The minimum Gasteiger partial charge on any atom is -0.198 e. The molecule has 2 nitrogen and oxygen atoms in total. The molecule has 1 atom stereocenters. The Morgan fingerprint density at radius 2 is 1.69 bits per heavy atom. The zero-order valence-electron chi connectivity index (χ0n) is 10.1. The Bertz CT molecular complexity index is 244. The summed E-state index contributed by atoms with van der Waals surface area (Å²) in [5.41, 5.74) is 0. The topological polar surface area (TPSA) is 47.6 Å². The largest absolute Gasteiger partial charge is 0.198 e. The molecule has 0 saturated carbocycles. The first kappa shape index (κ1) is 14.7. The molecule has 0 rings (SSSR count). The fourth-order valence-electron chi connectivity index (χ4n) is 1.73. The van der Waals surface area contributed by atoms with E-state index in [4.69, 9.17) is 10.5 Å². The van der Waals surface area contributed by atoms with Crippen molar-refractivity contribution in [2.24, 2.45) is 5.92 Å². The number of unbranched alkanes of at least 4 members (excludes halogenated alkanes) is 5. The van der Waals surface area contributed by atoms with Crippen molar-refractivity contribution in [2.75, 3.05) is 0 Å². The van der Waals surface area contributed by atoms with E-state index >= 15 is 0 Å². The van der Waals surface area contributed by atoms with Gasteiger partial charge in [0.05, 0.1) is 12.1 Å². The Hall–Kier alpha value is -1.28. The summed E-state index contributed by atoms with van der Waals surface area (Å²) in [6, 6.07) is 4.53. The summed E-state index contributed by atoms with van der Waals surface area (Å²) in [5, 5.41) is 17.3. The lowest BCUT2D eigenvalue weighted by atomic mass is 9.96. The fourth-order valence-corrected chi connectivity index (χ4v) is 1.73. The van der Waals surface area contributed by atoms with Gasteiger partial charge in [-0.15, -0.1) is 6.58 Å². The molecule has 0 bridgehead atoms. The lowest BCUT2D eigenvalue weighted by Crippen LogP contribution is -1.97. The zero-order chi connectivity index (χ0) is 12.1. The minimum absolute atomic E-state index is 0.218. The van der Waals surface area contributed by atoms with Gasteiger partial charge in [-0.05, 0) is 32.1 Å². The van der Waals surface area contributed by atoms with E-state index < -0.39 is 0 Å².